The number of aryl methyl sites for hydroxylation is 1. The molecule has 0 spiro atoms. The highest BCUT2D eigenvalue weighted by molar-refractivity contribution is 5.76. The molecule has 0 unspecified atom stereocenters. The Morgan fingerprint density at radius 2 is 1.89 bits per heavy atom. The van der Waals surface area contributed by atoms with Crippen molar-refractivity contribution < 1.29 is 9.47 Å². The van der Waals surface area contributed by atoms with Crippen molar-refractivity contribution in [3.05, 3.63) is 36.0 Å². The van der Waals surface area contributed by atoms with Crippen LogP contribution in [0.15, 0.2) is 30.5 Å². The summed E-state index contributed by atoms with van der Waals surface area (Å²) in [5, 5.41) is 0. The van der Waals surface area contributed by atoms with Crippen molar-refractivity contribution in [3.8, 4) is 22.6 Å². The van der Waals surface area contributed by atoms with Crippen LogP contribution in [0.4, 0.5) is 5.82 Å². The van der Waals surface area contributed by atoms with Gasteiger partial charge in [-0.2, -0.15) is 0 Å². The van der Waals surface area contributed by atoms with E-state index < -0.39 is 0 Å². The van der Waals surface area contributed by atoms with E-state index in [1.54, 1.807) is 6.20 Å². The molecule has 98 valence electrons. The molecule has 0 saturated carbocycles. The zero-order chi connectivity index (χ0) is 13.2. The van der Waals surface area contributed by atoms with Crippen molar-refractivity contribution >= 4 is 5.82 Å². The Bertz CT molecular complexity index is 611. The summed E-state index contributed by atoms with van der Waals surface area (Å²) < 4.78 is 11.3. The molecule has 3 rings (SSSR count). The van der Waals surface area contributed by atoms with E-state index in [1.807, 2.05) is 31.2 Å². The highest BCUT2D eigenvalue weighted by Gasteiger charge is 2.13. The van der Waals surface area contributed by atoms with Crippen LogP contribution in [0, 0.1) is 6.92 Å². The fraction of sp³-hybridized carbons (Fsp3) is 0.267. The summed E-state index contributed by atoms with van der Waals surface area (Å²) in [7, 11) is 0. The minimum atomic E-state index is 0.528. The number of nitrogens with two attached hydrogens (primary N) is 1. The number of pyridine rings is 1. The molecule has 0 atom stereocenters. The average molecular weight is 256 g/mol. The Labute approximate surface area is 112 Å². The Morgan fingerprint density at radius 3 is 2.74 bits per heavy atom. The van der Waals surface area contributed by atoms with Crippen LogP contribution in [0.25, 0.3) is 11.1 Å². The quantitative estimate of drug-likeness (QED) is 0.852. The lowest BCUT2D eigenvalue weighted by molar-refractivity contribution is 0.297. The molecule has 2 N–H and O–H groups in total. The lowest BCUT2D eigenvalue weighted by atomic mass is 10.0. The third kappa shape index (κ3) is 2.34. The maximum atomic E-state index is 5.95. The smallest absolute Gasteiger partial charge is 0.161 e. The number of benzene rings is 1. The fourth-order valence-electron chi connectivity index (χ4n) is 2.14. The predicted octanol–water partition coefficient (Wildman–Crippen LogP) is 2.80. The molecule has 0 aliphatic carbocycles. The maximum absolute atomic E-state index is 5.95. The number of ether oxygens (including phenoxy) is 2. The van der Waals surface area contributed by atoms with Gasteiger partial charge in [-0.25, -0.2) is 4.98 Å². The van der Waals surface area contributed by atoms with E-state index in [0.29, 0.717) is 19.0 Å². The van der Waals surface area contributed by atoms with Crippen molar-refractivity contribution in [2.75, 3.05) is 18.9 Å². The second-order valence-electron chi connectivity index (χ2n) is 4.66. The van der Waals surface area contributed by atoms with Crippen LogP contribution in [0.3, 0.4) is 0 Å². The van der Waals surface area contributed by atoms with Crippen molar-refractivity contribution in [2.45, 2.75) is 13.3 Å². The summed E-state index contributed by atoms with van der Waals surface area (Å²) >= 11 is 0. The number of anilines is 1. The second kappa shape index (κ2) is 4.80. The van der Waals surface area contributed by atoms with Gasteiger partial charge in [0.25, 0.3) is 0 Å². The molecule has 1 aromatic carbocycles. The number of rotatable bonds is 1. The highest BCUT2D eigenvalue weighted by Crippen LogP contribution is 2.35. The summed E-state index contributed by atoms with van der Waals surface area (Å²) in [5.41, 5.74) is 8.95. The van der Waals surface area contributed by atoms with E-state index in [2.05, 4.69) is 4.98 Å². The van der Waals surface area contributed by atoms with Crippen molar-refractivity contribution in [1.29, 1.82) is 0 Å². The zero-order valence-electron chi connectivity index (χ0n) is 10.8. The molecular formula is C15H16N2O2. The van der Waals surface area contributed by atoms with Crippen LogP contribution >= 0.6 is 0 Å². The second-order valence-corrected chi connectivity index (χ2v) is 4.66. The van der Waals surface area contributed by atoms with E-state index in [4.69, 9.17) is 15.2 Å². The van der Waals surface area contributed by atoms with Crippen LogP contribution < -0.4 is 15.2 Å². The summed E-state index contributed by atoms with van der Waals surface area (Å²) in [6.07, 6.45) is 2.67. The molecule has 4 nitrogen and oxygen atoms in total. The van der Waals surface area contributed by atoms with E-state index in [1.165, 1.54) is 0 Å². The molecule has 0 fully saturated rings. The van der Waals surface area contributed by atoms with Crippen molar-refractivity contribution in [1.82, 2.24) is 4.98 Å². The number of nitrogens with zero attached hydrogens (tertiary/aromatic N) is 1. The van der Waals surface area contributed by atoms with Gasteiger partial charge in [-0.1, -0.05) is 6.07 Å². The summed E-state index contributed by atoms with van der Waals surface area (Å²) in [5.74, 6) is 2.09. The van der Waals surface area contributed by atoms with Crippen molar-refractivity contribution in [3.63, 3.8) is 0 Å². The Morgan fingerprint density at radius 1 is 1.11 bits per heavy atom. The van der Waals surface area contributed by atoms with Gasteiger partial charge in [-0.15, -0.1) is 0 Å². The van der Waals surface area contributed by atoms with Gasteiger partial charge in [0.2, 0.25) is 0 Å². The van der Waals surface area contributed by atoms with Crippen LogP contribution in [-0.2, 0) is 0 Å². The fourth-order valence-corrected chi connectivity index (χ4v) is 2.14. The van der Waals surface area contributed by atoms with E-state index in [-0.39, 0.29) is 0 Å². The Hall–Kier alpha value is -2.23. The van der Waals surface area contributed by atoms with Gasteiger partial charge in [0.05, 0.1) is 13.2 Å². The topological polar surface area (TPSA) is 57.4 Å². The summed E-state index contributed by atoms with van der Waals surface area (Å²) in [4.78, 5) is 4.19. The maximum Gasteiger partial charge on any atom is 0.161 e. The molecule has 0 bridgehead atoms. The van der Waals surface area contributed by atoms with Crippen LogP contribution in [0.5, 0.6) is 11.5 Å². The van der Waals surface area contributed by atoms with Crippen LogP contribution in [0.1, 0.15) is 12.0 Å². The van der Waals surface area contributed by atoms with Gasteiger partial charge in [0.15, 0.2) is 11.5 Å². The molecule has 2 aromatic rings. The molecule has 2 heterocycles. The molecule has 1 aliphatic rings. The standard InChI is InChI=1S/C15H16N2O2/c1-10-7-12(15(16)17-9-10)11-3-4-13-14(8-11)19-6-2-5-18-13/h3-4,7-9H,2,5-6H2,1H3,(H2,16,17). The van der Waals surface area contributed by atoms with E-state index in [0.717, 1.165) is 34.6 Å². The summed E-state index contributed by atoms with van der Waals surface area (Å²) in [6, 6.07) is 7.91. The number of nitrogen functional groups attached to an aromatic ring is 1. The molecule has 1 aliphatic heterocycles. The predicted molar refractivity (Wildman–Crippen MR) is 74.4 cm³/mol. The van der Waals surface area contributed by atoms with Gasteiger partial charge >= 0.3 is 0 Å². The minimum absolute atomic E-state index is 0.528. The first-order valence-electron chi connectivity index (χ1n) is 6.36. The van der Waals surface area contributed by atoms with Gasteiger partial charge in [-0.05, 0) is 36.2 Å². The first-order valence-corrected chi connectivity index (χ1v) is 6.36. The van der Waals surface area contributed by atoms with E-state index in [9.17, 15) is 0 Å². The molecule has 0 radical (unpaired) electrons. The number of aromatic nitrogens is 1. The number of hydrogen-bond acceptors (Lipinski definition) is 4. The Balaban J connectivity index is 2.06. The van der Waals surface area contributed by atoms with Crippen molar-refractivity contribution in [2.24, 2.45) is 0 Å². The minimum Gasteiger partial charge on any atom is -0.490 e. The molecule has 0 amide bonds. The Kier molecular flexibility index (Phi) is 2.99. The van der Waals surface area contributed by atoms with E-state index >= 15 is 0 Å². The van der Waals surface area contributed by atoms with Gasteiger partial charge in [0, 0.05) is 18.2 Å². The highest BCUT2D eigenvalue weighted by atomic mass is 16.5. The third-order valence-corrected chi connectivity index (χ3v) is 3.11. The lowest BCUT2D eigenvalue weighted by Crippen LogP contribution is -1.97. The largest absolute Gasteiger partial charge is 0.490 e. The monoisotopic (exact) mass is 256 g/mol. The van der Waals surface area contributed by atoms with Gasteiger partial charge in [-0.3, -0.25) is 0 Å². The third-order valence-electron chi connectivity index (χ3n) is 3.11. The zero-order valence-corrected chi connectivity index (χ0v) is 10.8. The van der Waals surface area contributed by atoms with Crippen LogP contribution in [-0.4, -0.2) is 18.2 Å². The first kappa shape index (κ1) is 11.8. The first-order chi connectivity index (χ1) is 9.24. The number of fused-ring (bicyclic) bond motifs is 1. The van der Waals surface area contributed by atoms with Gasteiger partial charge in [0.1, 0.15) is 5.82 Å². The average Bonchev–Trinajstić information content (AvgIpc) is 2.66. The summed E-state index contributed by atoms with van der Waals surface area (Å²) in [6.45, 7) is 3.37. The van der Waals surface area contributed by atoms with Gasteiger partial charge < -0.3 is 15.2 Å². The lowest BCUT2D eigenvalue weighted by Gasteiger charge is -2.11. The molecular weight excluding hydrogens is 240 g/mol. The van der Waals surface area contributed by atoms with Crippen LogP contribution in [0.2, 0.25) is 0 Å². The number of hydrogen-bond donors (Lipinski definition) is 1. The SMILES string of the molecule is Cc1cnc(N)c(-c2ccc3c(c2)OCCCO3)c1. The molecule has 19 heavy (non-hydrogen) atoms. The molecule has 0 saturated heterocycles. The molecule has 4 heteroatoms. The molecule has 1 aromatic heterocycles. The normalized spacial score (nSPS) is 13.9.